The van der Waals surface area contributed by atoms with Gasteiger partial charge in [0, 0.05) is 0 Å². The van der Waals surface area contributed by atoms with Gasteiger partial charge in [0.15, 0.2) is 0 Å². The normalized spacial score (nSPS) is 9.90. The monoisotopic (exact) mass is 284 g/mol. The topological polar surface area (TPSA) is 20.2 Å². The molecule has 0 aliphatic carbocycles. The van der Waals surface area contributed by atoms with Gasteiger partial charge in [0.05, 0.1) is 14.0 Å². The second kappa shape index (κ2) is 3.11. The Morgan fingerprint density at radius 2 is 1.80 bits per heavy atom. The average molecular weight is 286 g/mol. The summed E-state index contributed by atoms with van der Waals surface area (Å²) in [5.74, 6) is 0.177. The Labute approximate surface area is 80.3 Å². The maximum atomic E-state index is 9.09. The summed E-state index contributed by atoms with van der Waals surface area (Å²) in [5, 5.41) is 9.66. The second-order valence-corrected chi connectivity index (χ2v) is 3.69. The minimum Gasteiger partial charge on any atom is -0.507 e. The fraction of sp³-hybridized carbons (Fsp3) is 0. The van der Waals surface area contributed by atoms with E-state index in [1.807, 2.05) is 0 Å². The van der Waals surface area contributed by atoms with Crippen molar-refractivity contribution in [3.8, 4) is 5.75 Å². The zero-order valence-corrected chi connectivity index (χ0v) is 8.66. The molecule has 0 radical (unpaired) electrons. The van der Waals surface area contributed by atoms with Crippen LogP contribution in [0.3, 0.4) is 0 Å². The molecule has 0 aliphatic heterocycles. The molecule has 0 bridgehead atoms. The summed E-state index contributed by atoms with van der Waals surface area (Å²) in [6.45, 7) is 0. The maximum Gasteiger partial charge on any atom is 0.131 e. The van der Waals surface area contributed by atoms with E-state index in [0.29, 0.717) is 14.0 Å². The Morgan fingerprint density at radius 1 is 1.20 bits per heavy atom. The molecule has 0 spiro atoms. The third kappa shape index (κ3) is 1.47. The zero-order chi connectivity index (χ0) is 7.72. The molecule has 4 heteroatoms. The van der Waals surface area contributed by atoms with Crippen LogP contribution in [0.4, 0.5) is 0 Å². The van der Waals surface area contributed by atoms with E-state index in [2.05, 4.69) is 31.9 Å². The smallest absolute Gasteiger partial charge is 0.131 e. The van der Waals surface area contributed by atoms with Crippen molar-refractivity contribution >= 4 is 43.5 Å². The number of phenolic OH excluding ortho intramolecular Hbond substituents is 1. The van der Waals surface area contributed by atoms with Crippen LogP contribution in [0, 0.1) is 0 Å². The lowest BCUT2D eigenvalue weighted by Crippen LogP contribution is -1.72. The number of hydrogen-bond donors (Lipinski definition) is 1. The van der Waals surface area contributed by atoms with Crippen LogP contribution in [0.5, 0.6) is 5.75 Å². The SMILES string of the molecule is Oc1ccc(Cl)c(Br)c1Br. The van der Waals surface area contributed by atoms with Crippen LogP contribution in [0.15, 0.2) is 21.1 Å². The molecule has 0 saturated heterocycles. The number of benzene rings is 1. The molecule has 54 valence electrons. The summed E-state index contributed by atoms with van der Waals surface area (Å²) in [5.41, 5.74) is 0. The maximum absolute atomic E-state index is 9.09. The minimum atomic E-state index is 0.177. The van der Waals surface area contributed by atoms with E-state index in [9.17, 15) is 0 Å². The van der Waals surface area contributed by atoms with Crippen LogP contribution in [0.1, 0.15) is 0 Å². The first-order valence-corrected chi connectivity index (χ1v) is 4.42. The molecule has 0 fully saturated rings. The van der Waals surface area contributed by atoms with Gasteiger partial charge in [-0.2, -0.15) is 0 Å². The lowest BCUT2D eigenvalue weighted by Gasteiger charge is -1.99. The van der Waals surface area contributed by atoms with Gasteiger partial charge >= 0.3 is 0 Å². The summed E-state index contributed by atoms with van der Waals surface area (Å²) in [6, 6.07) is 3.14. The van der Waals surface area contributed by atoms with E-state index >= 15 is 0 Å². The molecular formula is C6H3Br2ClO. The minimum absolute atomic E-state index is 0.177. The summed E-state index contributed by atoms with van der Waals surface area (Å²) < 4.78 is 1.26. The first-order chi connectivity index (χ1) is 4.63. The van der Waals surface area contributed by atoms with Gasteiger partial charge in [0.1, 0.15) is 5.75 Å². The quantitative estimate of drug-likeness (QED) is 0.723. The highest BCUT2D eigenvalue weighted by molar-refractivity contribution is 9.13. The lowest BCUT2D eigenvalue weighted by molar-refractivity contribution is 0.471. The third-order valence-electron chi connectivity index (χ3n) is 1.01. The highest BCUT2D eigenvalue weighted by Gasteiger charge is 2.05. The summed E-state index contributed by atoms with van der Waals surface area (Å²) in [6.07, 6.45) is 0. The number of phenols is 1. The molecule has 10 heavy (non-hydrogen) atoms. The van der Waals surface area contributed by atoms with Crippen molar-refractivity contribution in [2.75, 3.05) is 0 Å². The molecule has 1 aromatic rings. The summed E-state index contributed by atoms with van der Waals surface area (Å²) in [7, 11) is 0. The first-order valence-electron chi connectivity index (χ1n) is 2.45. The Kier molecular flexibility index (Phi) is 2.61. The Bertz CT molecular complexity index is 235. The van der Waals surface area contributed by atoms with Crippen LogP contribution in [0.2, 0.25) is 5.02 Å². The van der Waals surface area contributed by atoms with Gasteiger partial charge in [-0.05, 0) is 44.0 Å². The molecule has 0 heterocycles. The van der Waals surface area contributed by atoms with Crippen molar-refractivity contribution in [3.05, 3.63) is 26.1 Å². The van der Waals surface area contributed by atoms with E-state index in [1.165, 1.54) is 6.07 Å². The highest BCUT2D eigenvalue weighted by Crippen LogP contribution is 2.36. The van der Waals surface area contributed by atoms with Gasteiger partial charge in [0.25, 0.3) is 0 Å². The van der Waals surface area contributed by atoms with Gasteiger partial charge in [-0.25, -0.2) is 0 Å². The summed E-state index contributed by atoms with van der Waals surface area (Å²) in [4.78, 5) is 0. The van der Waals surface area contributed by atoms with E-state index in [1.54, 1.807) is 6.07 Å². The summed E-state index contributed by atoms with van der Waals surface area (Å²) >= 11 is 12.0. The van der Waals surface area contributed by atoms with Gasteiger partial charge in [0.2, 0.25) is 0 Å². The molecule has 1 N–H and O–H groups in total. The Balaban J connectivity index is 3.34. The van der Waals surface area contributed by atoms with Crippen molar-refractivity contribution in [2.24, 2.45) is 0 Å². The van der Waals surface area contributed by atoms with Crippen LogP contribution < -0.4 is 0 Å². The predicted molar refractivity (Wildman–Crippen MR) is 48.5 cm³/mol. The average Bonchev–Trinajstić information content (AvgIpc) is 1.93. The predicted octanol–water partition coefficient (Wildman–Crippen LogP) is 3.57. The number of hydrogen-bond acceptors (Lipinski definition) is 1. The molecule has 1 aromatic carbocycles. The molecule has 0 amide bonds. The van der Waals surface area contributed by atoms with Crippen LogP contribution >= 0.6 is 43.5 Å². The second-order valence-electron chi connectivity index (χ2n) is 1.69. The van der Waals surface area contributed by atoms with E-state index in [0.717, 1.165) is 0 Å². The molecule has 0 unspecified atom stereocenters. The first kappa shape index (κ1) is 8.37. The van der Waals surface area contributed by atoms with Gasteiger partial charge in [-0.1, -0.05) is 11.6 Å². The van der Waals surface area contributed by atoms with Crippen molar-refractivity contribution in [2.45, 2.75) is 0 Å². The van der Waals surface area contributed by atoms with Crippen molar-refractivity contribution in [1.82, 2.24) is 0 Å². The fourth-order valence-corrected chi connectivity index (χ4v) is 1.47. The van der Waals surface area contributed by atoms with Crippen LogP contribution in [-0.2, 0) is 0 Å². The molecule has 0 saturated carbocycles. The van der Waals surface area contributed by atoms with Gasteiger partial charge in [-0.15, -0.1) is 0 Å². The van der Waals surface area contributed by atoms with Crippen molar-refractivity contribution < 1.29 is 5.11 Å². The third-order valence-corrected chi connectivity index (χ3v) is 3.72. The van der Waals surface area contributed by atoms with Gasteiger partial charge in [-0.3, -0.25) is 0 Å². The van der Waals surface area contributed by atoms with Crippen LogP contribution in [0.25, 0.3) is 0 Å². The molecule has 0 aromatic heterocycles. The highest BCUT2D eigenvalue weighted by atomic mass is 79.9. The largest absolute Gasteiger partial charge is 0.507 e. The van der Waals surface area contributed by atoms with Crippen molar-refractivity contribution in [1.29, 1.82) is 0 Å². The molecule has 0 aliphatic rings. The number of halogens is 3. The lowest BCUT2D eigenvalue weighted by atomic mass is 10.3. The molecule has 1 rings (SSSR count). The number of aromatic hydroxyl groups is 1. The van der Waals surface area contributed by atoms with Gasteiger partial charge < -0.3 is 5.11 Å². The van der Waals surface area contributed by atoms with E-state index < -0.39 is 0 Å². The zero-order valence-electron chi connectivity index (χ0n) is 4.74. The Hall–Kier alpha value is 0.270. The molecule has 0 atom stereocenters. The van der Waals surface area contributed by atoms with Crippen LogP contribution in [-0.4, -0.2) is 5.11 Å². The van der Waals surface area contributed by atoms with E-state index in [4.69, 9.17) is 16.7 Å². The standard InChI is InChI=1S/C6H3Br2ClO/c7-5-3(9)1-2-4(10)6(5)8/h1-2,10H. The molecule has 1 nitrogen and oxygen atoms in total. The van der Waals surface area contributed by atoms with E-state index in [-0.39, 0.29) is 5.75 Å². The molecular weight excluding hydrogens is 283 g/mol. The number of rotatable bonds is 0. The fourth-order valence-electron chi connectivity index (χ4n) is 0.516. The Morgan fingerprint density at radius 3 is 2.30 bits per heavy atom. The van der Waals surface area contributed by atoms with Crippen molar-refractivity contribution in [3.63, 3.8) is 0 Å².